The largest absolute Gasteiger partial charge is 0.497 e. The molecular weight excluding hydrogens is 462 g/mol. The number of rotatable bonds is 9. The number of benzene rings is 4. The normalized spacial score (nSPS) is 10.7. The summed E-state index contributed by atoms with van der Waals surface area (Å²) < 4.78 is 45.0. The van der Waals surface area contributed by atoms with E-state index in [1.54, 1.807) is 12.1 Å². The van der Waals surface area contributed by atoms with Crippen molar-refractivity contribution >= 4 is 6.29 Å². The molecule has 4 nitrogen and oxygen atoms in total. The van der Waals surface area contributed by atoms with Gasteiger partial charge in [0.2, 0.25) is 0 Å². The van der Waals surface area contributed by atoms with Gasteiger partial charge < -0.3 is 14.2 Å². The average molecular weight is 489 g/mol. The Morgan fingerprint density at radius 1 is 0.722 bits per heavy atom. The quantitative estimate of drug-likeness (QED) is 0.233. The van der Waals surface area contributed by atoms with Crippen LogP contribution in [-0.4, -0.2) is 13.4 Å². The van der Waals surface area contributed by atoms with Crippen molar-refractivity contribution in [1.82, 2.24) is 0 Å². The number of ether oxygens (including phenoxy) is 3. The van der Waals surface area contributed by atoms with Crippen LogP contribution < -0.4 is 14.2 Å². The van der Waals surface area contributed by atoms with Gasteiger partial charge in [0.25, 0.3) is 0 Å². The summed E-state index contributed by atoms with van der Waals surface area (Å²) in [6.07, 6.45) is 0.593. The fourth-order valence-corrected chi connectivity index (χ4v) is 4.01. The second kappa shape index (κ2) is 11.0. The van der Waals surface area contributed by atoms with Crippen LogP contribution in [0.5, 0.6) is 17.2 Å². The lowest BCUT2D eigenvalue weighted by molar-refractivity contribution is 0.112. The maximum Gasteiger partial charge on any atom is 0.168 e. The van der Waals surface area contributed by atoms with Crippen molar-refractivity contribution in [3.63, 3.8) is 0 Å². The molecule has 0 heterocycles. The average Bonchev–Trinajstić information content (AvgIpc) is 2.88. The molecule has 0 radical (unpaired) electrons. The molecule has 0 saturated heterocycles. The third-order valence-electron chi connectivity index (χ3n) is 6.18. The molecule has 0 spiro atoms. The molecule has 4 aromatic carbocycles. The summed E-state index contributed by atoms with van der Waals surface area (Å²) in [6, 6.07) is 20.4. The van der Waals surface area contributed by atoms with E-state index in [2.05, 4.69) is 0 Å². The lowest BCUT2D eigenvalue weighted by Crippen LogP contribution is -2.03. The van der Waals surface area contributed by atoms with E-state index >= 15 is 0 Å². The second-order valence-electron chi connectivity index (χ2n) is 8.36. The van der Waals surface area contributed by atoms with Crippen molar-refractivity contribution in [2.75, 3.05) is 7.11 Å². The summed E-state index contributed by atoms with van der Waals surface area (Å²) in [7, 11) is 1.48. The second-order valence-corrected chi connectivity index (χ2v) is 8.36. The smallest absolute Gasteiger partial charge is 0.168 e. The summed E-state index contributed by atoms with van der Waals surface area (Å²) >= 11 is 0. The van der Waals surface area contributed by atoms with Crippen LogP contribution in [0.25, 0.3) is 11.1 Å². The molecule has 0 atom stereocenters. The highest BCUT2D eigenvalue weighted by Gasteiger charge is 2.13. The van der Waals surface area contributed by atoms with Crippen LogP contribution >= 0.6 is 0 Å². The van der Waals surface area contributed by atoms with Gasteiger partial charge in [0.05, 0.1) is 7.11 Å². The summed E-state index contributed by atoms with van der Waals surface area (Å²) in [4.78, 5) is 10.8. The Morgan fingerprint density at radius 2 is 1.25 bits per heavy atom. The Labute approximate surface area is 209 Å². The molecule has 0 aromatic heterocycles. The molecule has 4 aromatic rings. The van der Waals surface area contributed by atoms with Gasteiger partial charge in [0.1, 0.15) is 25.2 Å². The number of hydrogen-bond acceptors (Lipinski definition) is 4. The van der Waals surface area contributed by atoms with Gasteiger partial charge in [-0.15, -0.1) is 0 Å². The van der Waals surface area contributed by atoms with Gasteiger partial charge in [-0.2, -0.15) is 0 Å². The van der Waals surface area contributed by atoms with E-state index in [-0.39, 0.29) is 30.3 Å². The van der Waals surface area contributed by atoms with Crippen LogP contribution in [0.4, 0.5) is 8.78 Å². The van der Waals surface area contributed by atoms with Gasteiger partial charge in [-0.1, -0.05) is 36.4 Å². The standard InChI is InChI=1S/C30H26F2O4/c1-19-22(17-35-29-12-10-21(16-33)14-27(29)31)6-4-8-25(19)26-9-5-7-23(20(26)2)18-36-30-13-11-24(34-3)15-28(30)32/h4-16H,17-18H2,1-3H3. The van der Waals surface area contributed by atoms with Crippen LogP contribution in [0, 0.1) is 25.5 Å². The molecule has 0 aliphatic carbocycles. The molecule has 36 heavy (non-hydrogen) atoms. The van der Waals surface area contributed by atoms with Crippen molar-refractivity contribution < 1.29 is 27.8 Å². The van der Waals surface area contributed by atoms with Gasteiger partial charge in [-0.05, 0) is 77.6 Å². The van der Waals surface area contributed by atoms with Gasteiger partial charge in [-0.25, -0.2) is 8.78 Å². The molecule has 0 fully saturated rings. The fourth-order valence-electron chi connectivity index (χ4n) is 4.01. The molecule has 0 N–H and O–H groups in total. The zero-order chi connectivity index (χ0) is 25.7. The first kappa shape index (κ1) is 24.9. The highest BCUT2D eigenvalue weighted by atomic mass is 19.1. The molecule has 0 bridgehead atoms. The Balaban J connectivity index is 1.54. The summed E-state index contributed by atoms with van der Waals surface area (Å²) in [5.41, 5.74) is 6.16. The van der Waals surface area contributed by atoms with E-state index in [1.165, 1.54) is 25.3 Å². The minimum Gasteiger partial charge on any atom is -0.497 e. The number of hydrogen-bond donors (Lipinski definition) is 0. The van der Waals surface area contributed by atoms with Gasteiger partial charge >= 0.3 is 0 Å². The Hall–Kier alpha value is -4.19. The number of halogens is 2. The topological polar surface area (TPSA) is 44.8 Å². The van der Waals surface area contributed by atoms with Crippen LogP contribution in [0.15, 0.2) is 72.8 Å². The highest BCUT2D eigenvalue weighted by molar-refractivity contribution is 5.75. The minimum absolute atomic E-state index is 0.0893. The molecule has 0 aliphatic rings. The zero-order valence-corrected chi connectivity index (χ0v) is 20.3. The SMILES string of the molecule is COc1ccc(OCc2cccc(-c3cccc(COc4ccc(C=O)cc4F)c3C)c2C)c(F)c1. The van der Waals surface area contributed by atoms with E-state index in [0.717, 1.165) is 39.4 Å². The summed E-state index contributed by atoms with van der Waals surface area (Å²) in [5, 5.41) is 0. The predicted molar refractivity (Wildman–Crippen MR) is 135 cm³/mol. The first-order valence-electron chi connectivity index (χ1n) is 11.4. The third kappa shape index (κ3) is 5.38. The molecule has 0 saturated carbocycles. The molecule has 0 aliphatic heterocycles. The summed E-state index contributed by atoms with van der Waals surface area (Å²) in [5.74, 6) is -0.386. The van der Waals surface area contributed by atoms with Gasteiger partial charge in [0, 0.05) is 11.6 Å². The first-order valence-corrected chi connectivity index (χ1v) is 11.4. The number of carbonyl (C=O) groups is 1. The Bertz CT molecular complexity index is 1400. The maximum absolute atomic E-state index is 14.3. The van der Waals surface area contributed by atoms with Crippen LogP contribution in [0.3, 0.4) is 0 Å². The lowest BCUT2D eigenvalue weighted by Gasteiger charge is -2.17. The zero-order valence-electron chi connectivity index (χ0n) is 20.3. The van der Waals surface area contributed by atoms with Crippen LogP contribution in [-0.2, 0) is 13.2 Å². The van der Waals surface area contributed by atoms with E-state index in [4.69, 9.17) is 14.2 Å². The molecular formula is C30H26F2O4. The Kier molecular flexibility index (Phi) is 7.64. The van der Waals surface area contributed by atoms with Gasteiger partial charge in [0.15, 0.2) is 23.1 Å². The highest BCUT2D eigenvalue weighted by Crippen LogP contribution is 2.32. The van der Waals surface area contributed by atoms with Crippen LogP contribution in [0.1, 0.15) is 32.6 Å². The van der Waals surface area contributed by atoms with E-state index in [0.29, 0.717) is 12.0 Å². The lowest BCUT2D eigenvalue weighted by atomic mass is 9.92. The maximum atomic E-state index is 14.3. The number of carbonyl (C=O) groups excluding carboxylic acids is 1. The van der Waals surface area contributed by atoms with Crippen molar-refractivity contribution in [3.8, 4) is 28.4 Å². The summed E-state index contributed by atoms with van der Waals surface area (Å²) in [6.45, 7) is 4.39. The Morgan fingerprint density at radius 3 is 1.72 bits per heavy atom. The monoisotopic (exact) mass is 488 g/mol. The van der Waals surface area contributed by atoms with Crippen molar-refractivity contribution in [2.45, 2.75) is 27.1 Å². The first-order chi connectivity index (χ1) is 17.4. The van der Waals surface area contributed by atoms with Gasteiger partial charge in [-0.3, -0.25) is 4.79 Å². The van der Waals surface area contributed by atoms with E-state index in [9.17, 15) is 13.6 Å². The molecule has 0 unspecified atom stereocenters. The number of methoxy groups -OCH3 is 1. The molecule has 6 heteroatoms. The van der Waals surface area contributed by atoms with Crippen LogP contribution in [0.2, 0.25) is 0 Å². The van der Waals surface area contributed by atoms with Crippen molar-refractivity contribution in [3.05, 3.63) is 112 Å². The molecule has 4 rings (SSSR count). The van der Waals surface area contributed by atoms with Crippen molar-refractivity contribution in [2.24, 2.45) is 0 Å². The fraction of sp³-hybridized carbons (Fsp3) is 0.167. The van der Waals surface area contributed by atoms with E-state index < -0.39 is 11.6 Å². The molecule has 184 valence electrons. The third-order valence-corrected chi connectivity index (χ3v) is 6.18. The predicted octanol–water partition coefficient (Wildman–Crippen LogP) is 7.23. The number of aldehydes is 1. The minimum atomic E-state index is -0.578. The van der Waals surface area contributed by atoms with E-state index in [1.807, 2.05) is 50.2 Å². The van der Waals surface area contributed by atoms with Crippen molar-refractivity contribution in [1.29, 1.82) is 0 Å². The molecule has 0 amide bonds.